The molecule has 0 N–H and O–H groups in total. The largest absolute Gasteiger partial charge is 0.493 e. The van der Waals surface area contributed by atoms with Gasteiger partial charge in [-0.3, -0.25) is 9.78 Å². The molecule has 2 aromatic rings. The molecule has 0 bridgehead atoms. The van der Waals surface area contributed by atoms with E-state index >= 15 is 0 Å². The van der Waals surface area contributed by atoms with E-state index in [1.165, 1.54) is 0 Å². The maximum Gasteiger partial charge on any atom is 0.226 e. The van der Waals surface area contributed by atoms with E-state index in [1.807, 2.05) is 49.4 Å². The van der Waals surface area contributed by atoms with Gasteiger partial charge in [0.2, 0.25) is 5.91 Å². The van der Waals surface area contributed by atoms with E-state index in [9.17, 15) is 4.79 Å². The molecule has 3 heterocycles. The lowest BCUT2D eigenvalue weighted by Gasteiger charge is -2.19. The van der Waals surface area contributed by atoms with Crippen LogP contribution in [0.15, 0.2) is 48.7 Å². The summed E-state index contributed by atoms with van der Waals surface area (Å²) in [6, 6.07) is 13.3. The molecule has 1 amide bonds. The third-order valence-corrected chi connectivity index (χ3v) is 5.08. The van der Waals surface area contributed by atoms with Crippen LogP contribution in [0.25, 0.3) is 0 Å². The summed E-state index contributed by atoms with van der Waals surface area (Å²) in [6.07, 6.45) is 1.60. The Labute approximate surface area is 170 Å². The van der Waals surface area contributed by atoms with Crippen molar-refractivity contribution in [1.29, 1.82) is 0 Å². The third-order valence-electron chi connectivity index (χ3n) is 5.08. The molecule has 2 fully saturated rings. The summed E-state index contributed by atoms with van der Waals surface area (Å²) in [5.74, 6) is 1.53. The minimum Gasteiger partial charge on any atom is -0.493 e. The first-order chi connectivity index (χ1) is 14.2. The lowest BCUT2D eigenvalue weighted by Crippen LogP contribution is -2.33. The minimum absolute atomic E-state index is 0.0553. The first-order valence-corrected chi connectivity index (χ1v) is 9.95. The molecule has 2 atom stereocenters. The van der Waals surface area contributed by atoms with Crippen molar-refractivity contribution in [2.45, 2.75) is 31.7 Å². The molecule has 2 aliphatic heterocycles. The van der Waals surface area contributed by atoms with Crippen molar-refractivity contribution in [2.75, 3.05) is 32.9 Å². The molecule has 0 unspecified atom stereocenters. The van der Waals surface area contributed by atoms with Crippen molar-refractivity contribution in [3.8, 4) is 11.5 Å². The summed E-state index contributed by atoms with van der Waals surface area (Å²) in [5, 5.41) is 0. The molecule has 2 saturated heterocycles. The van der Waals surface area contributed by atoms with Gasteiger partial charge in [-0.15, -0.1) is 0 Å². The van der Waals surface area contributed by atoms with Gasteiger partial charge in [-0.25, -0.2) is 0 Å². The first-order valence-electron chi connectivity index (χ1n) is 9.95. The second-order valence-electron chi connectivity index (χ2n) is 7.33. The lowest BCUT2D eigenvalue weighted by molar-refractivity contribution is -0.131. The highest BCUT2D eigenvalue weighted by atomic mass is 16.6. The second kappa shape index (κ2) is 9.24. The molecule has 7 nitrogen and oxygen atoms in total. The van der Waals surface area contributed by atoms with E-state index in [2.05, 4.69) is 4.98 Å². The fourth-order valence-corrected chi connectivity index (χ4v) is 3.49. The Bertz CT molecular complexity index is 783. The predicted molar refractivity (Wildman–Crippen MR) is 106 cm³/mol. The van der Waals surface area contributed by atoms with Gasteiger partial charge in [-0.05, 0) is 31.2 Å². The summed E-state index contributed by atoms with van der Waals surface area (Å²) in [7, 11) is 0. The van der Waals surface area contributed by atoms with Gasteiger partial charge in [0, 0.05) is 18.8 Å². The van der Waals surface area contributed by atoms with Crippen LogP contribution in [0, 0.1) is 6.92 Å². The number of carbonyl (C=O) groups excluding carboxylic acids is 1. The number of hydrogen-bond donors (Lipinski definition) is 0. The van der Waals surface area contributed by atoms with Crippen molar-refractivity contribution in [3.63, 3.8) is 0 Å². The number of aryl methyl sites for hydroxylation is 1. The second-order valence-corrected chi connectivity index (χ2v) is 7.33. The normalized spacial score (nSPS) is 22.0. The van der Waals surface area contributed by atoms with Crippen LogP contribution in [-0.2, 0) is 14.3 Å². The number of para-hydroxylation sites is 1. The van der Waals surface area contributed by atoms with Crippen molar-refractivity contribution < 1.29 is 23.7 Å². The molecular formula is C22H26N2O5. The van der Waals surface area contributed by atoms with E-state index in [1.54, 1.807) is 11.1 Å². The van der Waals surface area contributed by atoms with Gasteiger partial charge in [0.05, 0.1) is 32.4 Å². The fourth-order valence-electron chi connectivity index (χ4n) is 3.49. The van der Waals surface area contributed by atoms with E-state index in [0.29, 0.717) is 45.1 Å². The van der Waals surface area contributed by atoms with Gasteiger partial charge in [-0.1, -0.05) is 18.2 Å². The van der Waals surface area contributed by atoms with Gasteiger partial charge < -0.3 is 23.8 Å². The van der Waals surface area contributed by atoms with Crippen LogP contribution in [0.4, 0.5) is 0 Å². The van der Waals surface area contributed by atoms with Gasteiger partial charge in [0.25, 0.3) is 0 Å². The van der Waals surface area contributed by atoms with E-state index in [0.717, 1.165) is 11.4 Å². The highest BCUT2D eigenvalue weighted by Gasteiger charge is 2.39. The molecule has 1 aromatic carbocycles. The van der Waals surface area contributed by atoms with Crippen LogP contribution < -0.4 is 9.47 Å². The summed E-state index contributed by atoms with van der Waals surface area (Å²) in [4.78, 5) is 18.5. The molecule has 0 saturated carbocycles. The summed E-state index contributed by atoms with van der Waals surface area (Å²) in [6.45, 7) is 4.21. The molecule has 154 valence electrons. The van der Waals surface area contributed by atoms with Gasteiger partial charge in [-0.2, -0.15) is 0 Å². The average molecular weight is 398 g/mol. The van der Waals surface area contributed by atoms with E-state index < -0.39 is 0 Å². The summed E-state index contributed by atoms with van der Waals surface area (Å²) >= 11 is 0. The smallest absolute Gasteiger partial charge is 0.226 e. The maximum atomic E-state index is 12.5. The Hall–Kier alpha value is -2.64. The average Bonchev–Trinajstić information content (AvgIpc) is 3.06. The van der Waals surface area contributed by atoms with Gasteiger partial charge >= 0.3 is 0 Å². The Morgan fingerprint density at radius 3 is 2.45 bits per heavy atom. The van der Waals surface area contributed by atoms with Crippen LogP contribution >= 0.6 is 0 Å². The zero-order chi connectivity index (χ0) is 20.1. The Balaban J connectivity index is 1.22. The third kappa shape index (κ3) is 5.25. The number of hydrogen-bond acceptors (Lipinski definition) is 6. The molecule has 29 heavy (non-hydrogen) atoms. The highest BCUT2D eigenvalue weighted by molar-refractivity contribution is 5.76. The quantitative estimate of drug-likeness (QED) is 0.743. The number of benzene rings is 1. The fraction of sp³-hybridized carbons (Fsp3) is 0.455. The molecule has 0 aliphatic carbocycles. The molecule has 2 aliphatic rings. The lowest BCUT2D eigenvalue weighted by atomic mass is 10.3. The molecule has 0 radical (unpaired) electrons. The number of fused-ring (bicyclic) bond motifs is 1. The standard InChI is InChI=1S/C22H26N2O5/c1-16-7-8-18(11-23-16)29-19-14-27-20-12-24(13-21(20)28-15-19)22(25)9-10-26-17-5-3-2-4-6-17/h2-8,11,19-21H,9-10,12-15H2,1H3/t20-,21-/m0/s1. The SMILES string of the molecule is Cc1ccc(OC2CO[C@H]3CN(C(=O)CCOc4ccccc4)C[C@@H]3OC2)cn1. The molecule has 7 heteroatoms. The van der Waals surface area contributed by atoms with Crippen molar-refractivity contribution in [2.24, 2.45) is 0 Å². The maximum absolute atomic E-state index is 12.5. The summed E-state index contributed by atoms with van der Waals surface area (Å²) < 4.78 is 23.5. The first kappa shape index (κ1) is 19.7. The van der Waals surface area contributed by atoms with Crippen LogP contribution in [0.3, 0.4) is 0 Å². The van der Waals surface area contributed by atoms with Crippen molar-refractivity contribution >= 4 is 5.91 Å². The highest BCUT2D eigenvalue weighted by Crippen LogP contribution is 2.23. The number of aromatic nitrogens is 1. The Morgan fingerprint density at radius 1 is 1.07 bits per heavy atom. The van der Waals surface area contributed by atoms with Crippen molar-refractivity contribution in [3.05, 3.63) is 54.4 Å². The van der Waals surface area contributed by atoms with Crippen molar-refractivity contribution in [1.82, 2.24) is 9.88 Å². The number of carbonyl (C=O) groups is 1. The molecule has 1 aromatic heterocycles. The Kier molecular flexibility index (Phi) is 6.27. The zero-order valence-electron chi connectivity index (χ0n) is 16.5. The number of pyridine rings is 1. The van der Waals surface area contributed by atoms with Crippen LogP contribution in [-0.4, -0.2) is 67.0 Å². The van der Waals surface area contributed by atoms with Crippen LogP contribution in [0.5, 0.6) is 11.5 Å². The molecular weight excluding hydrogens is 372 g/mol. The topological polar surface area (TPSA) is 70.1 Å². The number of amides is 1. The zero-order valence-corrected chi connectivity index (χ0v) is 16.5. The number of nitrogens with zero attached hydrogens (tertiary/aromatic N) is 2. The number of rotatable bonds is 6. The predicted octanol–water partition coefficient (Wildman–Crippen LogP) is 2.23. The van der Waals surface area contributed by atoms with Gasteiger partial charge in [0.15, 0.2) is 0 Å². The minimum atomic E-state index is -0.187. The number of ether oxygens (including phenoxy) is 4. The Morgan fingerprint density at radius 2 is 1.79 bits per heavy atom. The van der Waals surface area contributed by atoms with E-state index in [-0.39, 0.29) is 24.2 Å². The van der Waals surface area contributed by atoms with Crippen LogP contribution in [0.2, 0.25) is 0 Å². The summed E-state index contributed by atoms with van der Waals surface area (Å²) in [5.41, 5.74) is 0.944. The van der Waals surface area contributed by atoms with Gasteiger partial charge in [0.1, 0.15) is 29.8 Å². The van der Waals surface area contributed by atoms with Crippen LogP contribution in [0.1, 0.15) is 12.1 Å². The van der Waals surface area contributed by atoms with E-state index in [4.69, 9.17) is 18.9 Å². The molecule has 0 spiro atoms. The monoisotopic (exact) mass is 398 g/mol. The number of likely N-dealkylation sites (tertiary alicyclic amines) is 1. The molecule has 4 rings (SSSR count).